The van der Waals surface area contributed by atoms with E-state index in [1.165, 1.54) is 25.2 Å². The van der Waals surface area contributed by atoms with Gasteiger partial charge in [0.25, 0.3) is 5.91 Å². The Morgan fingerprint density at radius 3 is 2.56 bits per heavy atom. The van der Waals surface area contributed by atoms with Crippen LogP contribution in [0.2, 0.25) is 0 Å². The molecule has 0 radical (unpaired) electrons. The van der Waals surface area contributed by atoms with Crippen molar-refractivity contribution in [2.75, 3.05) is 19.3 Å². The molecule has 1 saturated heterocycles. The van der Waals surface area contributed by atoms with E-state index in [0.29, 0.717) is 5.69 Å². The summed E-state index contributed by atoms with van der Waals surface area (Å²) in [5.74, 6) is -2.06. The number of hydrogen-bond acceptors (Lipinski definition) is 6. The molecule has 0 saturated carbocycles. The van der Waals surface area contributed by atoms with E-state index in [0.717, 1.165) is 0 Å². The molecule has 3 rings (SSSR count). The molecule has 0 aromatic heterocycles. The van der Waals surface area contributed by atoms with Crippen molar-refractivity contribution >= 4 is 41.1 Å². The number of nitrogen functional groups attached to an aromatic ring is 1. The first-order valence-corrected chi connectivity index (χ1v) is 8.19. The number of carbonyl (C=O) groups excluding carboxylic acids is 4. The third kappa shape index (κ3) is 2.29. The van der Waals surface area contributed by atoms with E-state index in [2.05, 4.69) is 10.2 Å². The Labute approximate surface area is 149 Å². The number of imide groups is 2. The van der Waals surface area contributed by atoms with E-state index in [-0.39, 0.29) is 36.9 Å². The molecule has 4 amide bonds. The number of nitrogens with two attached hydrogens (primary N) is 1. The highest BCUT2D eigenvalue weighted by molar-refractivity contribution is 6.17. The Morgan fingerprint density at radius 1 is 1.24 bits per heavy atom. The van der Waals surface area contributed by atoms with Crippen LogP contribution in [0.3, 0.4) is 0 Å². The number of nitrogens with one attached hydrogen (secondary N) is 2. The van der Waals surface area contributed by atoms with Crippen molar-refractivity contribution in [2.45, 2.75) is 24.8 Å². The summed E-state index contributed by atoms with van der Waals surface area (Å²) in [5.41, 5.74) is 5.09. The fourth-order valence-corrected chi connectivity index (χ4v) is 3.86. The molecule has 25 heavy (non-hydrogen) atoms. The predicted octanol–water partition coefficient (Wildman–Crippen LogP) is 0.318. The number of hydrogen-bond donors (Lipinski definition) is 3. The molecule has 1 fully saturated rings. The van der Waals surface area contributed by atoms with Gasteiger partial charge in [-0.2, -0.15) is 4.48 Å². The topological polar surface area (TPSA) is 118 Å². The first-order chi connectivity index (χ1) is 11.8. The van der Waals surface area contributed by atoms with Crippen molar-refractivity contribution in [1.29, 1.82) is 0 Å². The van der Waals surface area contributed by atoms with Gasteiger partial charge in [0.1, 0.15) is 0 Å². The fraction of sp³-hybridized carbons (Fsp3) is 0.375. The Kier molecular flexibility index (Phi) is 4.14. The summed E-state index contributed by atoms with van der Waals surface area (Å²) >= 11 is 5.55. The van der Waals surface area contributed by atoms with Crippen LogP contribution in [0.4, 0.5) is 5.69 Å². The van der Waals surface area contributed by atoms with Crippen molar-refractivity contribution in [3.05, 3.63) is 29.3 Å². The molecule has 2 unspecified atom stereocenters. The number of anilines is 1. The number of fused-ring (bicyclic) bond motifs is 1. The van der Waals surface area contributed by atoms with E-state index < -0.39 is 33.7 Å². The number of nitrogens with zero attached hydrogens (tertiary/aromatic N) is 1. The summed E-state index contributed by atoms with van der Waals surface area (Å²) in [7, 11) is 1.42. The minimum Gasteiger partial charge on any atom is -0.399 e. The summed E-state index contributed by atoms with van der Waals surface area (Å²) in [6.45, 7) is 0.191. The van der Waals surface area contributed by atoms with Gasteiger partial charge in [-0.15, -0.1) is 0 Å². The van der Waals surface area contributed by atoms with Gasteiger partial charge in [0.15, 0.2) is 5.54 Å². The van der Waals surface area contributed by atoms with Crippen molar-refractivity contribution in [3.8, 4) is 0 Å². The SMILES string of the molecule is C[N+]1(C2(CCNCl)CCC(=O)NC2=O)C(=O)c2ccc(N)cc2C1=O. The quantitative estimate of drug-likeness (QED) is 0.306. The minimum atomic E-state index is -1.42. The molecule has 2 atom stereocenters. The van der Waals surface area contributed by atoms with E-state index in [9.17, 15) is 19.2 Å². The molecule has 0 bridgehead atoms. The van der Waals surface area contributed by atoms with Gasteiger partial charge in [-0.1, -0.05) is 0 Å². The van der Waals surface area contributed by atoms with Gasteiger partial charge in [0.2, 0.25) is 5.91 Å². The van der Waals surface area contributed by atoms with Gasteiger partial charge < -0.3 is 5.73 Å². The zero-order valence-electron chi connectivity index (χ0n) is 13.6. The molecular weight excluding hydrogens is 348 g/mol. The normalized spacial score (nSPS) is 28.9. The summed E-state index contributed by atoms with van der Waals surface area (Å²) in [6.07, 6.45) is 0.238. The number of benzene rings is 1. The summed E-state index contributed by atoms with van der Waals surface area (Å²) in [6, 6.07) is 4.48. The Bertz CT molecular complexity index is 811. The zero-order chi connectivity index (χ0) is 18.4. The molecule has 0 spiro atoms. The van der Waals surface area contributed by atoms with E-state index in [1.807, 2.05) is 0 Å². The highest BCUT2D eigenvalue weighted by Crippen LogP contribution is 2.42. The van der Waals surface area contributed by atoms with Crippen molar-refractivity contribution in [2.24, 2.45) is 0 Å². The second-order valence-electron chi connectivity index (χ2n) is 6.46. The lowest BCUT2D eigenvalue weighted by atomic mass is 9.81. The highest BCUT2D eigenvalue weighted by Gasteiger charge is 2.67. The van der Waals surface area contributed by atoms with Crippen LogP contribution in [0.15, 0.2) is 18.2 Å². The smallest absolute Gasteiger partial charge is 0.355 e. The maximum Gasteiger partial charge on any atom is 0.355 e. The number of halogens is 1. The number of amides is 4. The monoisotopic (exact) mass is 365 g/mol. The van der Waals surface area contributed by atoms with E-state index in [4.69, 9.17) is 17.5 Å². The first-order valence-electron chi connectivity index (χ1n) is 7.81. The predicted molar refractivity (Wildman–Crippen MR) is 89.3 cm³/mol. The highest BCUT2D eigenvalue weighted by atomic mass is 35.5. The number of carbonyl (C=O) groups is 4. The van der Waals surface area contributed by atoms with Crippen molar-refractivity contribution < 1.29 is 23.7 Å². The van der Waals surface area contributed by atoms with E-state index >= 15 is 0 Å². The molecule has 0 aliphatic carbocycles. The zero-order valence-corrected chi connectivity index (χ0v) is 14.4. The van der Waals surface area contributed by atoms with Crippen LogP contribution >= 0.6 is 11.8 Å². The summed E-state index contributed by atoms with van der Waals surface area (Å²) in [5, 5.41) is 2.27. The van der Waals surface area contributed by atoms with Crippen LogP contribution in [0.1, 0.15) is 40.0 Å². The molecular formula is C16H18ClN4O4+. The maximum atomic E-state index is 13.2. The number of rotatable bonds is 4. The standard InChI is InChI=1S/C16H17ClN4O4/c1-21(13(23)10-3-2-9(18)8-11(10)14(21)24)16(6-7-19-17)5-4-12(22)20-15(16)25/h2-3,8,19H,4-7H2,1H3,(H2-,18,20,22,23,25)/p+1. The molecule has 4 N–H and O–H groups in total. The van der Waals surface area contributed by atoms with Crippen molar-refractivity contribution in [3.63, 3.8) is 0 Å². The average molecular weight is 366 g/mol. The van der Waals surface area contributed by atoms with E-state index in [1.54, 1.807) is 0 Å². The average Bonchev–Trinajstić information content (AvgIpc) is 2.77. The van der Waals surface area contributed by atoms with Gasteiger partial charge in [-0.25, -0.2) is 14.4 Å². The number of piperidine rings is 1. The minimum absolute atomic E-state index is 0.0426. The lowest BCUT2D eigenvalue weighted by Gasteiger charge is -2.44. The molecule has 1 aromatic rings. The van der Waals surface area contributed by atoms with Crippen LogP contribution in [-0.4, -0.2) is 47.2 Å². The van der Waals surface area contributed by atoms with Gasteiger partial charge in [0, 0.05) is 31.5 Å². The van der Waals surface area contributed by atoms with Crippen LogP contribution in [-0.2, 0) is 9.59 Å². The lowest BCUT2D eigenvalue weighted by molar-refractivity contribution is -0.791. The molecule has 9 heteroatoms. The van der Waals surface area contributed by atoms with Gasteiger partial charge in [0.05, 0.1) is 18.2 Å². The van der Waals surface area contributed by atoms with Gasteiger partial charge in [-0.3, -0.25) is 14.9 Å². The fourth-order valence-electron chi connectivity index (χ4n) is 3.77. The Hall–Kier alpha value is -2.29. The van der Waals surface area contributed by atoms with Crippen LogP contribution < -0.4 is 15.9 Å². The summed E-state index contributed by atoms with van der Waals surface area (Å²) < 4.78 is -0.760. The largest absolute Gasteiger partial charge is 0.399 e. The van der Waals surface area contributed by atoms with Gasteiger partial charge in [-0.05, 0) is 30.0 Å². The molecule has 132 valence electrons. The Morgan fingerprint density at radius 2 is 1.92 bits per heavy atom. The molecule has 8 nitrogen and oxygen atoms in total. The first kappa shape index (κ1) is 17.5. The Balaban J connectivity index is 2.16. The molecule has 1 aromatic carbocycles. The van der Waals surface area contributed by atoms with Crippen LogP contribution in [0.5, 0.6) is 0 Å². The van der Waals surface area contributed by atoms with Crippen molar-refractivity contribution in [1.82, 2.24) is 10.2 Å². The second-order valence-corrected chi connectivity index (χ2v) is 6.73. The molecule has 2 aliphatic rings. The third-order valence-electron chi connectivity index (χ3n) is 5.25. The summed E-state index contributed by atoms with van der Waals surface area (Å²) in [4.78, 5) is 53.1. The molecule has 2 aliphatic heterocycles. The second kappa shape index (κ2) is 5.91. The number of quaternary nitrogens is 1. The lowest BCUT2D eigenvalue weighted by Crippen LogP contribution is -2.73. The van der Waals surface area contributed by atoms with Gasteiger partial charge >= 0.3 is 11.8 Å². The third-order valence-corrected chi connectivity index (χ3v) is 5.44. The maximum absolute atomic E-state index is 13.2. The molecule has 2 heterocycles. The number of likely N-dealkylation sites (N-methyl/N-ethyl adjacent to an activating group) is 1. The van der Waals surface area contributed by atoms with Crippen LogP contribution in [0, 0.1) is 0 Å². The van der Waals surface area contributed by atoms with Crippen LogP contribution in [0.25, 0.3) is 0 Å².